The molecule has 1 N–H and O–H groups in total. The van der Waals surface area contributed by atoms with E-state index in [4.69, 9.17) is 4.74 Å². The monoisotopic (exact) mass is 345 g/mol. The quantitative estimate of drug-likeness (QED) is 0.914. The van der Waals surface area contributed by atoms with Gasteiger partial charge in [0.1, 0.15) is 11.6 Å². The molecule has 1 atom stereocenters. The van der Waals surface area contributed by atoms with E-state index in [0.717, 1.165) is 6.42 Å². The predicted molar refractivity (Wildman–Crippen MR) is 76.0 cm³/mol. The number of benzene rings is 1. The average Bonchev–Trinajstić information content (AvgIpc) is 2.36. The van der Waals surface area contributed by atoms with Gasteiger partial charge in [0.2, 0.25) is 0 Å². The third kappa shape index (κ3) is 3.93. The Morgan fingerprint density at radius 2 is 2.35 bits per heavy atom. The van der Waals surface area contributed by atoms with Crippen LogP contribution in [0.4, 0.5) is 4.39 Å². The summed E-state index contributed by atoms with van der Waals surface area (Å²) >= 11 is 3.18. The minimum Gasteiger partial charge on any atom is -0.483 e. The maximum Gasteiger partial charge on any atom is 0.260 e. The topological polar surface area (TPSA) is 49.8 Å². The lowest BCUT2D eigenvalue weighted by atomic mass is 9.95. The number of hydrogen-bond acceptors (Lipinski definition) is 3. The van der Waals surface area contributed by atoms with Gasteiger partial charge < -0.3 is 14.7 Å². The van der Waals surface area contributed by atoms with E-state index in [-0.39, 0.29) is 18.3 Å². The molecule has 1 aliphatic rings. The van der Waals surface area contributed by atoms with Crippen LogP contribution in [0.15, 0.2) is 22.7 Å². The molecule has 0 aliphatic carbocycles. The highest BCUT2D eigenvalue weighted by atomic mass is 79.9. The summed E-state index contributed by atoms with van der Waals surface area (Å²) < 4.78 is 18.8. The predicted octanol–water partition coefficient (Wildman–Crippen LogP) is 2.34. The van der Waals surface area contributed by atoms with E-state index in [9.17, 15) is 14.3 Å². The first-order valence-corrected chi connectivity index (χ1v) is 7.25. The van der Waals surface area contributed by atoms with Gasteiger partial charge in [-0.05, 0) is 53.9 Å². The largest absolute Gasteiger partial charge is 0.483 e. The highest BCUT2D eigenvalue weighted by molar-refractivity contribution is 9.10. The normalized spacial score (nSPS) is 22.7. The number of likely N-dealkylation sites (tertiary alicyclic amines) is 1. The lowest BCUT2D eigenvalue weighted by Crippen LogP contribution is -2.49. The zero-order valence-electron chi connectivity index (χ0n) is 11.2. The molecule has 0 bridgehead atoms. The molecular formula is C14H17BrFNO3. The Labute approximate surface area is 125 Å². The Hall–Kier alpha value is -1.14. The Morgan fingerprint density at radius 3 is 3.00 bits per heavy atom. The molecule has 1 aromatic rings. The van der Waals surface area contributed by atoms with Gasteiger partial charge in [-0.15, -0.1) is 0 Å². The molecule has 0 aromatic heterocycles. The van der Waals surface area contributed by atoms with Crippen LogP contribution in [0.25, 0.3) is 0 Å². The average molecular weight is 346 g/mol. The molecule has 4 nitrogen and oxygen atoms in total. The highest BCUT2D eigenvalue weighted by Crippen LogP contribution is 2.26. The number of nitrogens with zero attached hydrogens (tertiary/aromatic N) is 1. The second kappa shape index (κ2) is 6.10. The van der Waals surface area contributed by atoms with Gasteiger partial charge >= 0.3 is 0 Å². The third-order valence-electron chi connectivity index (χ3n) is 3.27. The summed E-state index contributed by atoms with van der Waals surface area (Å²) in [5.41, 5.74) is -0.829. The first-order chi connectivity index (χ1) is 9.37. The maximum absolute atomic E-state index is 12.9. The molecular weight excluding hydrogens is 329 g/mol. The number of piperidine rings is 1. The van der Waals surface area contributed by atoms with Crippen molar-refractivity contribution in [3.63, 3.8) is 0 Å². The van der Waals surface area contributed by atoms with E-state index >= 15 is 0 Å². The molecule has 0 radical (unpaired) electrons. The van der Waals surface area contributed by atoms with Crippen molar-refractivity contribution in [1.29, 1.82) is 0 Å². The first kappa shape index (κ1) is 15.3. The number of aliphatic hydroxyl groups is 1. The fraction of sp³-hybridized carbons (Fsp3) is 0.500. The molecule has 1 heterocycles. The van der Waals surface area contributed by atoms with Crippen LogP contribution in [0, 0.1) is 5.82 Å². The number of halogens is 2. The van der Waals surface area contributed by atoms with Crippen molar-refractivity contribution in [2.45, 2.75) is 25.4 Å². The smallest absolute Gasteiger partial charge is 0.260 e. The lowest BCUT2D eigenvalue weighted by molar-refractivity contribution is -0.139. The molecule has 0 saturated carbocycles. The number of β-amino-alcohol motifs (C(OH)–C–C–N with tert-alkyl or cyclic N) is 1. The van der Waals surface area contributed by atoms with Crippen molar-refractivity contribution in [1.82, 2.24) is 4.90 Å². The van der Waals surface area contributed by atoms with Crippen LogP contribution in [0.3, 0.4) is 0 Å². The van der Waals surface area contributed by atoms with Crippen molar-refractivity contribution in [2.24, 2.45) is 0 Å². The Morgan fingerprint density at radius 1 is 1.60 bits per heavy atom. The van der Waals surface area contributed by atoms with Gasteiger partial charge in [0.05, 0.1) is 10.1 Å². The number of amides is 1. The highest BCUT2D eigenvalue weighted by Gasteiger charge is 2.30. The van der Waals surface area contributed by atoms with Crippen molar-refractivity contribution < 1.29 is 19.0 Å². The molecule has 1 saturated heterocycles. The SMILES string of the molecule is CC1(O)CCCN(C(=O)COc2ccc(F)cc2Br)C1. The fourth-order valence-corrected chi connectivity index (χ4v) is 2.72. The van der Waals surface area contributed by atoms with Crippen molar-refractivity contribution >= 4 is 21.8 Å². The van der Waals surface area contributed by atoms with Crippen LogP contribution in [0.5, 0.6) is 5.75 Å². The van der Waals surface area contributed by atoms with Gasteiger partial charge in [-0.25, -0.2) is 4.39 Å². The second-order valence-electron chi connectivity index (χ2n) is 5.28. The van der Waals surface area contributed by atoms with Crippen LogP contribution in [0.2, 0.25) is 0 Å². The summed E-state index contributed by atoms with van der Waals surface area (Å²) in [4.78, 5) is 13.6. The number of hydrogen-bond donors (Lipinski definition) is 1. The summed E-state index contributed by atoms with van der Waals surface area (Å²) in [5, 5.41) is 9.97. The first-order valence-electron chi connectivity index (χ1n) is 6.45. The molecule has 1 aliphatic heterocycles. The molecule has 0 spiro atoms. The van der Waals surface area contributed by atoms with Crippen molar-refractivity contribution in [2.75, 3.05) is 19.7 Å². The Bertz CT molecular complexity index is 507. The van der Waals surface area contributed by atoms with Crippen LogP contribution in [0.1, 0.15) is 19.8 Å². The van der Waals surface area contributed by atoms with Crippen LogP contribution in [-0.4, -0.2) is 41.2 Å². The van der Waals surface area contributed by atoms with Gasteiger partial charge in [-0.1, -0.05) is 0 Å². The minimum atomic E-state index is -0.829. The van der Waals surface area contributed by atoms with E-state index in [2.05, 4.69) is 15.9 Å². The summed E-state index contributed by atoms with van der Waals surface area (Å²) in [5.74, 6) is -0.132. The molecule has 1 amide bonds. The minimum absolute atomic E-state index is 0.125. The molecule has 1 fully saturated rings. The molecule has 6 heteroatoms. The molecule has 110 valence electrons. The van der Waals surface area contributed by atoms with Gasteiger partial charge in [0.25, 0.3) is 5.91 Å². The zero-order valence-corrected chi connectivity index (χ0v) is 12.8. The summed E-state index contributed by atoms with van der Waals surface area (Å²) in [6.07, 6.45) is 1.47. The van der Waals surface area contributed by atoms with E-state index in [1.54, 1.807) is 11.8 Å². The van der Waals surface area contributed by atoms with Gasteiger partial charge in [0.15, 0.2) is 6.61 Å². The molecule has 2 rings (SSSR count). The van der Waals surface area contributed by atoms with Crippen LogP contribution < -0.4 is 4.74 Å². The summed E-state index contributed by atoms with van der Waals surface area (Å²) in [7, 11) is 0. The lowest BCUT2D eigenvalue weighted by Gasteiger charge is -2.36. The standard InChI is InChI=1S/C14H17BrFNO3/c1-14(19)5-2-6-17(9-14)13(18)8-20-12-4-3-10(16)7-11(12)15/h3-4,7,19H,2,5-6,8-9H2,1H3. The van der Waals surface area contributed by atoms with Gasteiger partial charge in [-0.3, -0.25) is 4.79 Å². The fourth-order valence-electron chi connectivity index (χ4n) is 2.26. The molecule has 20 heavy (non-hydrogen) atoms. The van der Waals surface area contributed by atoms with E-state index in [1.807, 2.05) is 0 Å². The second-order valence-corrected chi connectivity index (χ2v) is 6.13. The van der Waals surface area contributed by atoms with Gasteiger partial charge in [-0.2, -0.15) is 0 Å². The van der Waals surface area contributed by atoms with Crippen molar-refractivity contribution in [3.8, 4) is 5.75 Å². The number of ether oxygens (including phenoxy) is 1. The molecule has 1 aromatic carbocycles. The molecule has 1 unspecified atom stereocenters. The third-order valence-corrected chi connectivity index (χ3v) is 3.89. The van der Waals surface area contributed by atoms with Crippen LogP contribution in [-0.2, 0) is 4.79 Å². The van der Waals surface area contributed by atoms with E-state index < -0.39 is 5.60 Å². The summed E-state index contributed by atoms with van der Waals surface area (Å²) in [6.45, 7) is 2.55. The summed E-state index contributed by atoms with van der Waals surface area (Å²) in [6, 6.07) is 4.03. The number of carbonyl (C=O) groups excluding carboxylic acids is 1. The Kier molecular flexibility index (Phi) is 4.65. The Balaban J connectivity index is 1.92. The zero-order chi connectivity index (χ0) is 14.8. The van der Waals surface area contributed by atoms with Crippen molar-refractivity contribution in [3.05, 3.63) is 28.5 Å². The van der Waals surface area contributed by atoms with E-state index in [1.165, 1.54) is 18.2 Å². The maximum atomic E-state index is 12.9. The number of rotatable bonds is 3. The van der Waals surface area contributed by atoms with Crippen LogP contribution >= 0.6 is 15.9 Å². The van der Waals surface area contributed by atoms with Gasteiger partial charge in [0, 0.05) is 13.1 Å². The van der Waals surface area contributed by atoms with E-state index in [0.29, 0.717) is 29.7 Å². The number of carbonyl (C=O) groups is 1.